The molecule has 3 aromatic carbocycles. The summed E-state index contributed by atoms with van der Waals surface area (Å²) < 4.78 is 30.7. The molecule has 0 heterocycles. The maximum Gasteiger partial charge on any atom is 0.259 e. The van der Waals surface area contributed by atoms with Crippen LogP contribution in [0.3, 0.4) is 0 Å². The molecule has 7 nitrogen and oxygen atoms in total. The van der Waals surface area contributed by atoms with Crippen LogP contribution < -0.4 is 19.7 Å². The summed E-state index contributed by atoms with van der Waals surface area (Å²) in [6.45, 7) is 0. The minimum Gasteiger partial charge on any atom is -0.496 e. The lowest BCUT2D eigenvalue weighted by Crippen LogP contribution is -2.26. The quantitative estimate of drug-likeness (QED) is 0.580. The Kier molecular flexibility index (Phi) is 6.50. The van der Waals surface area contributed by atoms with Gasteiger partial charge in [-0.15, -0.1) is 0 Å². The van der Waals surface area contributed by atoms with Crippen molar-refractivity contribution in [2.45, 2.75) is 0 Å². The van der Waals surface area contributed by atoms with Crippen LogP contribution in [0.2, 0.25) is 0 Å². The second-order valence-electron chi connectivity index (χ2n) is 6.94. The highest BCUT2D eigenvalue weighted by molar-refractivity contribution is 7.92. The zero-order chi connectivity index (χ0) is 22.6. The second-order valence-corrected chi connectivity index (χ2v) is 8.96. The van der Waals surface area contributed by atoms with E-state index in [-0.39, 0.29) is 0 Å². The van der Waals surface area contributed by atoms with Gasteiger partial charge in [0, 0.05) is 19.8 Å². The number of amides is 1. The maximum absolute atomic E-state index is 13.0. The third-order valence-electron chi connectivity index (χ3n) is 4.94. The van der Waals surface area contributed by atoms with Gasteiger partial charge in [-0.3, -0.25) is 9.10 Å². The predicted octanol–water partition coefficient (Wildman–Crippen LogP) is 4.05. The van der Waals surface area contributed by atoms with Gasteiger partial charge in [0.15, 0.2) is 0 Å². The number of benzene rings is 3. The molecule has 0 atom stereocenters. The molecule has 1 amide bonds. The van der Waals surface area contributed by atoms with Crippen LogP contribution in [0, 0.1) is 0 Å². The van der Waals surface area contributed by atoms with Crippen molar-refractivity contribution < 1.29 is 17.9 Å². The van der Waals surface area contributed by atoms with Crippen LogP contribution in [0.4, 0.5) is 17.1 Å². The monoisotopic (exact) mass is 439 g/mol. The van der Waals surface area contributed by atoms with Gasteiger partial charge in [-0.25, -0.2) is 8.42 Å². The number of hydrogen-bond donors (Lipinski definition) is 2. The van der Waals surface area contributed by atoms with E-state index in [2.05, 4.69) is 10.6 Å². The van der Waals surface area contributed by atoms with Crippen LogP contribution in [0.25, 0.3) is 11.1 Å². The minimum atomic E-state index is -3.53. The number of carbonyl (C=O) groups excluding carboxylic acids is 1. The van der Waals surface area contributed by atoms with E-state index in [9.17, 15) is 13.2 Å². The first kappa shape index (κ1) is 22.2. The Morgan fingerprint density at radius 2 is 1.61 bits per heavy atom. The molecule has 0 saturated heterocycles. The normalized spacial score (nSPS) is 11.0. The van der Waals surface area contributed by atoms with Gasteiger partial charge >= 0.3 is 0 Å². The van der Waals surface area contributed by atoms with Crippen LogP contribution >= 0.6 is 0 Å². The molecule has 0 aliphatic carbocycles. The van der Waals surface area contributed by atoms with Gasteiger partial charge < -0.3 is 15.4 Å². The van der Waals surface area contributed by atoms with E-state index < -0.39 is 15.9 Å². The van der Waals surface area contributed by atoms with Crippen molar-refractivity contribution in [3.63, 3.8) is 0 Å². The van der Waals surface area contributed by atoms with Gasteiger partial charge in [-0.1, -0.05) is 30.3 Å². The summed E-state index contributed by atoms with van der Waals surface area (Å²) in [6, 6.07) is 19.9. The smallest absolute Gasteiger partial charge is 0.259 e. The molecule has 0 fully saturated rings. The number of sulfonamides is 1. The Morgan fingerprint density at radius 1 is 0.968 bits per heavy atom. The lowest BCUT2D eigenvalue weighted by atomic mass is 10.0. The Balaban J connectivity index is 2.06. The summed E-state index contributed by atoms with van der Waals surface area (Å²) in [5.41, 5.74) is 3.83. The van der Waals surface area contributed by atoms with Crippen molar-refractivity contribution >= 4 is 33.0 Å². The van der Waals surface area contributed by atoms with Gasteiger partial charge in [0.25, 0.3) is 5.91 Å². The average molecular weight is 440 g/mol. The molecular formula is C23H25N3O4S. The first-order chi connectivity index (χ1) is 14.7. The standard InChI is InChI=1S/C23H25N3O4S/c1-24-18-12-9-16(10-13-18)17-11-14-21(26(2)31(4,28)29)20(15-17)25-23(27)19-7-5-6-8-22(19)30-3/h5-15,24H,1-4H3,(H,25,27). The number of nitrogens with one attached hydrogen (secondary N) is 2. The SMILES string of the molecule is CNc1ccc(-c2ccc(N(C)S(C)(=O)=O)c(NC(=O)c3ccccc3OC)c2)cc1. The molecule has 2 N–H and O–H groups in total. The van der Waals surface area contributed by atoms with Crippen LogP contribution in [0.15, 0.2) is 66.7 Å². The highest BCUT2D eigenvalue weighted by Gasteiger charge is 2.20. The van der Waals surface area contributed by atoms with Crippen molar-refractivity contribution in [1.29, 1.82) is 0 Å². The highest BCUT2D eigenvalue weighted by Crippen LogP contribution is 2.33. The third-order valence-corrected chi connectivity index (χ3v) is 6.13. The van der Waals surface area contributed by atoms with Gasteiger partial charge in [0.05, 0.1) is 30.3 Å². The van der Waals surface area contributed by atoms with E-state index in [1.807, 2.05) is 37.4 Å². The molecule has 0 aromatic heterocycles. The number of para-hydroxylation sites is 1. The van der Waals surface area contributed by atoms with E-state index in [0.29, 0.717) is 22.7 Å². The van der Waals surface area contributed by atoms with E-state index in [1.165, 1.54) is 14.2 Å². The van der Waals surface area contributed by atoms with Crippen molar-refractivity contribution in [2.75, 3.05) is 42.4 Å². The zero-order valence-electron chi connectivity index (χ0n) is 17.8. The van der Waals surface area contributed by atoms with Crippen LogP contribution in [-0.2, 0) is 10.0 Å². The summed E-state index contributed by atoms with van der Waals surface area (Å²) in [7, 11) is 1.25. The summed E-state index contributed by atoms with van der Waals surface area (Å²) in [5, 5.41) is 5.92. The van der Waals surface area contributed by atoms with Gasteiger partial charge in [0.2, 0.25) is 10.0 Å². The number of carbonyl (C=O) groups is 1. The number of anilines is 3. The molecule has 162 valence electrons. The van der Waals surface area contributed by atoms with E-state index >= 15 is 0 Å². The Morgan fingerprint density at radius 3 is 2.23 bits per heavy atom. The molecule has 3 aromatic rings. The van der Waals surface area contributed by atoms with Gasteiger partial charge in [0.1, 0.15) is 5.75 Å². The van der Waals surface area contributed by atoms with Crippen molar-refractivity contribution in [1.82, 2.24) is 0 Å². The van der Waals surface area contributed by atoms with Crippen LogP contribution in [0.1, 0.15) is 10.4 Å². The highest BCUT2D eigenvalue weighted by atomic mass is 32.2. The number of nitrogens with zero attached hydrogens (tertiary/aromatic N) is 1. The average Bonchev–Trinajstić information content (AvgIpc) is 2.78. The number of hydrogen-bond acceptors (Lipinski definition) is 5. The predicted molar refractivity (Wildman–Crippen MR) is 126 cm³/mol. The lowest BCUT2D eigenvalue weighted by molar-refractivity contribution is 0.102. The van der Waals surface area contributed by atoms with Crippen molar-refractivity contribution in [3.05, 3.63) is 72.3 Å². The fraction of sp³-hybridized carbons (Fsp3) is 0.174. The molecule has 0 bridgehead atoms. The largest absolute Gasteiger partial charge is 0.496 e. The molecule has 0 aliphatic heterocycles. The Bertz CT molecular complexity index is 1190. The lowest BCUT2D eigenvalue weighted by Gasteiger charge is -2.22. The second kappa shape index (κ2) is 9.09. The summed E-state index contributed by atoms with van der Waals surface area (Å²) in [6.07, 6.45) is 1.11. The maximum atomic E-state index is 13.0. The molecule has 0 saturated carbocycles. The number of ether oxygens (including phenoxy) is 1. The number of rotatable bonds is 7. The van der Waals surface area contributed by atoms with E-state index in [4.69, 9.17) is 4.74 Å². The molecule has 31 heavy (non-hydrogen) atoms. The molecule has 0 spiro atoms. The fourth-order valence-electron chi connectivity index (χ4n) is 3.12. The Labute approximate surface area is 182 Å². The van der Waals surface area contributed by atoms with Gasteiger partial charge in [-0.05, 0) is 47.5 Å². The molecule has 0 aliphatic rings. The van der Waals surface area contributed by atoms with E-state index in [1.54, 1.807) is 36.4 Å². The molecular weight excluding hydrogens is 414 g/mol. The van der Waals surface area contributed by atoms with Crippen LogP contribution in [-0.4, -0.2) is 41.8 Å². The summed E-state index contributed by atoms with van der Waals surface area (Å²) in [4.78, 5) is 13.0. The summed E-state index contributed by atoms with van der Waals surface area (Å²) >= 11 is 0. The summed E-state index contributed by atoms with van der Waals surface area (Å²) in [5.74, 6) is 0.0279. The topological polar surface area (TPSA) is 87.7 Å². The first-order valence-corrected chi connectivity index (χ1v) is 11.4. The van der Waals surface area contributed by atoms with Crippen LogP contribution in [0.5, 0.6) is 5.75 Å². The fourth-order valence-corrected chi connectivity index (χ4v) is 3.64. The Hall–Kier alpha value is -3.52. The number of methoxy groups -OCH3 is 1. The van der Waals surface area contributed by atoms with Crippen molar-refractivity contribution in [3.8, 4) is 16.9 Å². The minimum absolute atomic E-state index is 0.349. The molecule has 8 heteroatoms. The first-order valence-electron chi connectivity index (χ1n) is 9.55. The van der Waals surface area contributed by atoms with E-state index in [0.717, 1.165) is 27.4 Å². The van der Waals surface area contributed by atoms with Gasteiger partial charge in [-0.2, -0.15) is 0 Å². The van der Waals surface area contributed by atoms with Crippen molar-refractivity contribution in [2.24, 2.45) is 0 Å². The zero-order valence-corrected chi connectivity index (χ0v) is 18.7. The third kappa shape index (κ3) is 4.97. The molecule has 0 unspecified atom stereocenters. The molecule has 0 radical (unpaired) electrons. The molecule has 3 rings (SSSR count).